The Hall–Kier alpha value is -1.08. The van der Waals surface area contributed by atoms with Gasteiger partial charge in [0.15, 0.2) is 0 Å². The van der Waals surface area contributed by atoms with Crippen molar-refractivity contribution in [3.63, 3.8) is 0 Å². The Labute approximate surface area is 111 Å². The van der Waals surface area contributed by atoms with E-state index in [1.807, 2.05) is 28.4 Å². The summed E-state index contributed by atoms with van der Waals surface area (Å²) in [5.74, 6) is 0.518. The van der Waals surface area contributed by atoms with Gasteiger partial charge in [-0.15, -0.1) is 0 Å². The predicted octanol–water partition coefficient (Wildman–Crippen LogP) is 4.33. The maximum atomic E-state index is 13.3. The molecule has 1 aromatic carbocycles. The van der Waals surface area contributed by atoms with Crippen molar-refractivity contribution in [2.45, 2.75) is 32.8 Å². The Bertz CT molecular complexity index is 409. The number of rotatable bonds is 5. The van der Waals surface area contributed by atoms with Crippen molar-refractivity contribution in [2.24, 2.45) is 0 Å². The smallest absolute Gasteiger partial charge is 0.256 e. The van der Waals surface area contributed by atoms with Gasteiger partial charge in [-0.25, -0.2) is 0 Å². The van der Waals surface area contributed by atoms with Crippen molar-refractivity contribution in [3.8, 4) is 5.75 Å². The Balaban J connectivity index is 2.80. The van der Waals surface area contributed by atoms with E-state index in [9.17, 15) is 4.39 Å². The fourth-order valence-corrected chi connectivity index (χ4v) is 1.74. The van der Waals surface area contributed by atoms with Crippen molar-refractivity contribution in [2.75, 3.05) is 11.9 Å². The van der Waals surface area contributed by atoms with Crippen LogP contribution in [-0.4, -0.2) is 12.6 Å². The summed E-state index contributed by atoms with van der Waals surface area (Å²) >= 11 is 0. The number of ether oxygens (including phenoxy) is 1. The quantitative estimate of drug-likeness (QED) is 0.737. The van der Waals surface area contributed by atoms with Crippen LogP contribution in [0.4, 0.5) is 10.1 Å². The van der Waals surface area contributed by atoms with Crippen LogP contribution in [0.5, 0.6) is 5.75 Å². The maximum Gasteiger partial charge on any atom is 0.256 e. The average Bonchev–Trinajstić information content (AvgIpc) is 2.27. The van der Waals surface area contributed by atoms with Crippen LogP contribution in [0.1, 0.15) is 27.2 Å². The molecule has 0 aliphatic carbocycles. The molecule has 0 amide bonds. The van der Waals surface area contributed by atoms with E-state index < -0.39 is 5.60 Å². The van der Waals surface area contributed by atoms with Gasteiger partial charge in [0.1, 0.15) is 5.75 Å². The van der Waals surface area contributed by atoms with Gasteiger partial charge >= 0.3 is 0 Å². The third kappa shape index (κ3) is 4.66. The number of halogens is 1. The fraction of sp³-hybridized carbons (Fsp3) is 0.429. The summed E-state index contributed by atoms with van der Waals surface area (Å²) in [6, 6.07) is 7.37. The molecule has 2 unspecified atom stereocenters. The number of benzene rings is 1. The predicted molar refractivity (Wildman–Crippen MR) is 78.7 cm³/mol. The Morgan fingerprint density at radius 3 is 2.44 bits per heavy atom. The first kappa shape index (κ1) is 15.0. The van der Waals surface area contributed by atoms with E-state index >= 15 is 0 Å². The van der Waals surface area contributed by atoms with Crippen LogP contribution in [-0.2, 0) is 0 Å². The Morgan fingerprint density at radius 1 is 1.44 bits per heavy atom. The second-order valence-electron chi connectivity index (χ2n) is 4.39. The van der Waals surface area contributed by atoms with Gasteiger partial charge in [-0.3, -0.25) is 0 Å². The highest BCUT2D eigenvalue weighted by molar-refractivity contribution is 7.18. The first-order valence-corrected chi connectivity index (χ1v) is 6.58. The van der Waals surface area contributed by atoms with Crippen LogP contribution in [0.2, 0.25) is 0 Å². The molecule has 18 heavy (non-hydrogen) atoms. The zero-order chi connectivity index (χ0) is 13.8. The topological polar surface area (TPSA) is 12.5 Å². The van der Waals surface area contributed by atoms with Crippen molar-refractivity contribution >= 4 is 14.9 Å². The van der Waals surface area contributed by atoms with E-state index in [4.69, 9.17) is 4.74 Å². The zero-order valence-corrected chi connectivity index (χ0v) is 12.6. The molecular formula is C14H21FNOP. The standard InChI is InChI=1S/C14H21FNOP/c1-5-6-11(2)16(4)12-7-9-13(10-8-12)17-14(3,15)18/h6-10H,5,18H2,1-4H3/b11-6-. The molecule has 0 N–H and O–H groups in total. The first-order valence-electron chi connectivity index (χ1n) is 6.01. The minimum Gasteiger partial charge on any atom is -0.455 e. The van der Waals surface area contributed by atoms with Gasteiger partial charge in [0.25, 0.3) is 5.60 Å². The molecule has 100 valence electrons. The molecule has 0 fully saturated rings. The molecular weight excluding hydrogens is 248 g/mol. The van der Waals surface area contributed by atoms with Gasteiger partial charge < -0.3 is 9.64 Å². The van der Waals surface area contributed by atoms with Crippen molar-refractivity contribution < 1.29 is 9.13 Å². The van der Waals surface area contributed by atoms with Crippen LogP contribution in [0.15, 0.2) is 36.0 Å². The van der Waals surface area contributed by atoms with E-state index in [1.54, 1.807) is 12.1 Å². The van der Waals surface area contributed by atoms with Crippen molar-refractivity contribution in [1.82, 2.24) is 0 Å². The summed E-state index contributed by atoms with van der Waals surface area (Å²) in [4.78, 5) is 2.09. The van der Waals surface area contributed by atoms with E-state index in [-0.39, 0.29) is 0 Å². The maximum absolute atomic E-state index is 13.3. The molecule has 0 aliphatic rings. The lowest BCUT2D eigenvalue weighted by Crippen LogP contribution is -2.17. The summed E-state index contributed by atoms with van der Waals surface area (Å²) in [5.41, 5.74) is 0.507. The molecule has 0 saturated heterocycles. The minimum absolute atomic E-state index is 0.518. The summed E-state index contributed by atoms with van der Waals surface area (Å²) in [6.07, 6.45) is 3.16. The SMILES string of the molecule is CC/C=C(/C)N(C)c1ccc(OC(C)(F)P)cc1. The Morgan fingerprint density at radius 2 is 2.00 bits per heavy atom. The van der Waals surface area contributed by atoms with Gasteiger partial charge in [0.05, 0.1) is 0 Å². The molecule has 4 heteroatoms. The fourth-order valence-electron chi connectivity index (χ4n) is 1.60. The second kappa shape index (κ2) is 6.19. The normalized spacial score (nSPS) is 15.1. The van der Waals surface area contributed by atoms with Gasteiger partial charge in [-0.1, -0.05) is 22.2 Å². The lowest BCUT2D eigenvalue weighted by molar-refractivity contribution is 0.0473. The summed E-state index contributed by atoms with van der Waals surface area (Å²) in [6.45, 7) is 5.52. The van der Waals surface area contributed by atoms with E-state index in [0.717, 1.165) is 12.1 Å². The van der Waals surface area contributed by atoms with E-state index in [1.165, 1.54) is 12.6 Å². The zero-order valence-electron chi connectivity index (χ0n) is 11.4. The molecule has 0 saturated carbocycles. The molecule has 0 spiro atoms. The number of hydrogen-bond donors (Lipinski definition) is 0. The molecule has 1 rings (SSSR count). The summed E-state index contributed by atoms with van der Waals surface area (Å²) in [5, 5.41) is 0. The number of hydrogen-bond acceptors (Lipinski definition) is 2. The Kier molecular flexibility index (Phi) is 5.15. The highest BCUT2D eigenvalue weighted by Gasteiger charge is 2.16. The molecule has 0 radical (unpaired) electrons. The first-order chi connectivity index (χ1) is 8.33. The van der Waals surface area contributed by atoms with E-state index in [0.29, 0.717) is 5.75 Å². The third-order valence-corrected chi connectivity index (χ3v) is 2.69. The molecule has 0 heterocycles. The van der Waals surface area contributed by atoms with Crippen molar-refractivity contribution in [3.05, 3.63) is 36.0 Å². The lowest BCUT2D eigenvalue weighted by Gasteiger charge is -2.21. The van der Waals surface area contributed by atoms with Gasteiger partial charge in [0, 0.05) is 25.4 Å². The largest absolute Gasteiger partial charge is 0.455 e. The van der Waals surface area contributed by atoms with Crippen LogP contribution in [0.3, 0.4) is 0 Å². The number of alkyl halides is 1. The van der Waals surface area contributed by atoms with Crippen LogP contribution < -0.4 is 9.64 Å². The highest BCUT2D eigenvalue weighted by Crippen LogP contribution is 2.27. The molecule has 1 aromatic rings. The van der Waals surface area contributed by atoms with Crippen LogP contribution in [0.25, 0.3) is 0 Å². The van der Waals surface area contributed by atoms with Crippen LogP contribution >= 0.6 is 9.24 Å². The monoisotopic (exact) mass is 269 g/mol. The number of nitrogens with zero attached hydrogens (tertiary/aromatic N) is 1. The summed E-state index contributed by atoms with van der Waals surface area (Å²) < 4.78 is 18.4. The van der Waals surface area contributed by atoms with Gasteiger partial charge in [0.2, 0.25) is 0 Å². The highest BCUT2D eigenvalue weighted by atomic mass is 31.0. The number of anilines is 1. The molecule has 2 nitrogen and oxygen atoms in total. The van der Waals surface area contributed by atoms with Gasteiger partial charge in [-0.2, -0.15) is 4.39 Å². The van der Waals surface area contributed by atoms with Crippen LogP contribution in [0, 0.1) is 0 Å². The van der Waals surface area contributed by atoms with Gasteiger partial charge in [-0.05, 0) is 37.6 Å². The average molecular weight is 269 g/mol. The van der Waals surface area contributed by atoms with Crippen molar-refractivity contribution in [1.29, 1.82) is 0 Å². The second-order valence-corrected chi connectivity index (χ2v) is 5.43. The molecule has 0 aliphatic heterocycles. The third-order valence-electron chi connectivity index (χ3n) is 2.57. The summed E-state index contributed by atoms with van der Waals surface area (Å²) in [7, 11) is 4.02. The number of allylic oxidation sites excluding steroid dienone is 2. The molecule has 0 bridgehead atoms. The lowest BCUT2D eigenvalue weighted by atomic mass is 10.2. The minimum atomic E-state index is -1.73. The van der Waals surface area contributed by atoms with E-state index in [2.05, 4.69) is 24.8 Å². The molecule has 2 atom stereocenters. The molecule has 0 aromatic heterocycles.